The van der Waals surface area contributed by atoms with Crippen LogP contribution in [0.4, 0.5) is 4.79 Å². The van der Waals surface area contributed by atoms with Crippen molar-refractivity contribution < 1.29 is 19.1 Å². The molecule has 0 aromatic heterocycles. The quantitative estimate of drug-likeness (QED) is 0.0627. The number of primary amides is 1. The van der Waals surface area contributed by atoms with Gasteiger partial charge in [-0.2, -0.15) is 0 Å². The highest BCUT2D eigenvalue weighted by Gasteiger charge is 2.26. The molecule has 0 aromatic rings. The van der Waals surface area contributed by atoms with Crippen molar-refractivity contribution in [2.24, 2.45) is 5.73 Å². The lowest BCUT2D eigenvalue weighted by molar-refractivity contribution is -0.123. The van der Waals surface area contributed by atoms with Crippen LogP contribution in [0.2, 0.25) is 0 Å². The van der Waals surface area contributed by atoms with Gasteiger partial charge < -0.3 is 15.8 Å². The van der Waals surface area contributed by atoms with Gasteiger partial charge in [-0.1, -0.05) is 129 Å². The van der Waals surface area contributed by atoms with Gasteiger partial charge >= 0.3 is 6.09 Å². The van der Waals surface area contributed by atoms with Gasteiger partial charge in [0.1, 0.15) is 12.6 Å². The molecule has 0 saturated heterocycles. The monoisotopic (exact) mass is 608 g/mol. The second kappa shape index (κ2) is 30.0. The van der Waals surface area contributed by atoms with E-state index in [4.69, 9.17) is 10.5 Å². The number of carbonyl (C=O) groups excluding carboxylic acids is 3. The zero-order chi connectivity index (χ0) is 32.0. The Kier molecular flexibility index (Phi) is 28.6. The number of nitrogens with one attached hydrogen (secondary N) is 1. The number of unbranched alkanes of at least 4 members (excludes halogenated alkanes) is 18. The lowest BCUT2D eigenvalue weighted by atomic mass is 10.0. The lowest BCUT2D eigenvalue weighted by Gasteiger charge is -2.29. The minimum atomic E-state index is -0.555. The SMILES string of the molecule is CCCCCC/C=C\CCCCCCCC(CC(=O)NC)OC(=O)N(CC(N)=O)C(C)CCCCCCCCCCCC. The van der Waals surface area contributed by atoms with Gasteiger partial charge in [-0.25, -0.2) is 4.79 Å². The first-order valence-electron chi connectivity index (χ1n) is 18.0. The summed E-state index contributed by atoms with van der Waals surface area (Å²) in [4.78, 5) is 38.5. The van der Waals surface area contributed by atoms with E-state index in [1.54, 1.807) is 7.05 Å². The zero-order valence-electron chi connectivity index (χ0n) is 28.6. The van der Waals surface area contributed by atoms with E-state index in [1.807, 2.05) is 6.92 Å². The molecule has 0 aliphatic carbocycles. The molecule has 3 amide bonds. The van der Waals surface area contributed by atoms with Gasteiger partial charge in [0.2, 0.25) is 11.8 Å². The highest BCUT2D eigenvalue weighted by atomic mass is 16.6. The molecule has 0 aliphatic heterocycles. The summed E-state index contributed by atoms with van der Waals surface area (Å²) in [5.74, 6) is -0.708. The molecule has 0 aliphatic rings. The maximum atomic E-state index is 13.2. The van der Waals surface area contributed by atoms with Crippen LogP contribution in [0.5, 0.6) is 0 Å². The fourth-order valence-corrected chi connectivity index (χ4v) is 5.46. The van der Waals surface area contributed by atoms with E-state index in [-0.39, 0.29) is 24.9 Å². The van der Waals surface area contributed by atoms with Crippen molar-refractivity contribution >= 4 is 17.9 Å². The summed E-state index contributed by atoms with van der Waals surface area (Å²) in [6.45, 7) is 6.27. The molecule has 7 nitrogen and oxygen atoms in total. The molecule has 7 heteroatoms. The van der Waals surface area contributed by atoms with Crippen molar-refractivity contribution in [1.29, 1.82) is 0 Å². The largest absolute Gasteiger partial charge is 0.446 e. The number of hydrogen-bond donors (Lipinski definition) is 2. The first-order chi connectivity index (χ1) is 20.8. The van der Waals surface area contributed by atoms with Crippen molar-refractivity contribution in [2.45, 2.75) is 187 Å². The molecule has 43 heavy (non-hydrogen) atoms. The van der Waals surface area contributed by atoms with Crippen LogP contribution in [0.25, 0.3) is 0 Å². The average molecular weight is 608 g/mol. The molecule has 0 aromatic carbocycles. The Bertz CT molecular complexity index is 713. The summed E-state index contributed by atoms with van der Waals surface area (Å²) in [5, 5.41) is 2.64. The van der Waals surface area contributed by atoms with Crippen molar-refractivity contribution in [3.05, 3.63) is 12.2 Å². The van der Waals surface area contributed by atoms with Crippen LogP contribution in [-0.2, 0) is 14.3 Å². The standard InChI is InChI=1S/C36H69N3O4/c1-5-7-9-11-13-15-17-18-19-21-23-25-27-29-33(30-35(41)38-4)43-36(42)39(31-34(37)40)32(3)28-26-24-22-20-16-14-12-10-8-6-2/h15,17,32-33H,5-14,16,18-31H2,1-4H3,(H2,37,40)(H,38,41)/b17-15-. The molecule has 0 radical (unpaired) electrons. The molecule has 0 saturated carbocycles. The molecule has 0 fully saturated rings. The molecule has 252 valence electrons. The van der Waals surface area contributed by atoms with E-state index >= 15 is 0 Å². The second-order valence-corrected chi connectivity index (χ2v) is 12.5. The maximum absolute atomic E-state index is 13.2. The molecular weight excluding hydrogens is 538 g/mol. The highest BCUT2D eigenvalue weighted by Crippen LogP contribution is 2.18. The molecule has 0 bridgehead atoms. The third-order valence-corrected chi connectivity index (χ3v) is 8.32. The van der Waals surface area contributed by atoms with Crippen LogP contribution in [0.3, 0.4) is 0 Å². The van der Waals surface area contributed by atoms with Gasteiger partial charge in [-0.3, -0.25) is 14.5 Å². The first-order valence-corrected chi connectivity index (χ1v) is 18.0. The van der Waals surface area contributed by atoms with E-state index in [2.05, 4.69) is 31.3 Å². The number of hydrogen-bond acceptors (Lipinski definition) is 4. The summed E-state index contributed by atoms with van der Waals surface area (Å²) in [5.41, 5.74) is 5.49. The zero-order valence-corrected chi connectivity index (χ0v) is 28.6. The smallest absolute Gasteiger partial charge is 0.410 e. The minimum absolute atomic E-state index is 0.128. The van der Waals surface area contributed by atoms with Crippen LogP contribution in [0.1, 0.15) is 175 Å². The molecule has 2 unspecified atom stereocenters. The number of rotatable bonds is 30. The van der Waals surface area contributed by atoms with Crippen LogP contribution >= 0.6 is 0 Å². The van der Waals surface area contributed by atoms with Gasteiger partial charge in [0.15, 0.2) is 0 Å². The molecule has 0 rings (SSSR count). The van der Waals surface area contributed by atoms with E-state index in [0.29, 0.717) is 6.42 Å². The van der Waals surface area contributed by atoms with E-state index in [0.717, 1.165) is 44.9 Å². The number of carbonyl (C=O) groups is 3. The normalized spacial score (nSPS) is 12.7. The average Bonchev–Trinajstić information content (AvgIpc) is 2.98. The molecular formula is C36H69N3O4. The number of amides is 3. The van der Waals surface area contributed by atoms with Crippen molar-refractivity contribution in [3.63, 3.8) is 0 Å². The number of ether oxygens (including phenoxy) is 1. The van der Waals surface area contributed by atoms with Crippen molar-refractivity contribution in [1.82, 2.24) is 10.2 Å². The summed E-state index contributed by atoms with van der Waals surface area (Å²) >= 11 is 0. The highest BCUT2D eigenvalue weighted by molar-refractivity contribution is 5.81. The molecule has 3 N–H and O–H groups in total. The Balaban J connectivity index is 4.50. The molecule has 0 heterocycles. The summed E-state index contributed by atoms with van der Waals surface area (Å²) < 4.78 is 5.82. The summed E-state index contributed by atoms with van der Waals surface area (Å²) in [7, 11) is 1.59. The van der Waals surface area contributed by atoms with E-state index in [9.17, 15) is 14.4 Å². The van der Waals surface area contributed by atoms with Gasteiger partial charge in [-0.15, -0.1) is 0 Å². The predicted molar refractivity (Wildman–Crippen MR) is 181 cm³/mol. The Morgan fingerprint density at radius 1 is 0.698 bits per heavy atom. The number of nitrogens with zero attached hydrogens (tertiary/aromatic N) is 1. The Morgan fingerprint density at radius 2 is 1.14 bits per heavy atom. The fourth-order valence-electron chi connectivity index (χ4n) is 5.46. The van der Waals surface area contributed by atoms with Gasteiger partial charge in [0.05, 0.1) is 6.42 Å². The Hall–Kier alpha value is -2.05. The minimum Gasteiger partial charge on any atom is -0.446 e. The Morgan fingerprint density at radius 3 is 1.63 bits per heavy atom. The third kappa shape index (κ3) is 26.1. The maximum Gasteiger partial charge on any atom is 0.410 e. The van der Waals surface area contributed by atoms with E-state index in [1.165, 1.54) is 101 Å². The van der Waals surface area contributed by atoms with Crippen molar-refractivity contribution in [2.75, 3.05) is 13.6 Å². The number of allylic oxidation sites excluding steroid dienone is 2. The van der Waals surface area contributed by atoms with Gasteiger partial charge in [0, 0.05) is 13.1 Å². The number of nitrogens with two attached hydrogens (primary N) is 1. The summed E-state index contributed by atoms with van der Waals surface area (Å²) in [6.07, 6.45) is 30.7. The van der Waals surface area contributed by atoms with Crippen LogP contribution < -0.4 is 11.1 Å². The van der Waals surface area contributed by atoms with Crippen LogP contribution in [-0.4, -0.2) is 48.5 Å². The van der Waals surface area contributed by atoms with Gasteiger partial charge in [-0.05, 0) is 51.9 Å². The predicted octanol–water partition coefficient (Wildman–Crippen LogP) is 9.37. The van der Waals surface area contributed by atoms with Crippen LogP contribution in [0, 0.1) is 0 Å². The van der Waals surface area contributed by atoms with Crippen molar-refractivity contribution in [3.8, 4) is 0 Å². The fraction of sp³-hybridized carbons (Fsp3) is 0.861. The third-order valence-electron chi connectivity index (χ3n) is 8.32. The van der Waals surface area contributed by atoms with Gasteiger partial charge in [0.25, 0.3) is 0 Å². The van der Waals surface area contributed by atoms with E-state index < -0.39 is 18.1 Å². The first kappa shape index (κ1) is 41.0. The topological polar surface area (TPSA) is 102 Å². The Labute approximate surface area is 265 Å². The lowest BCUT2D eigenvalue weighted by Crippen LogP contribution is -2.45. The molecule has 0 spiro atoms. The van der Waals surface area contributed by atoms with Crippen LogP contribution in [0.15, 0.2) is 12.2 Å². The molecule has 2 atom stereocenters. The second-order valence-electron chi connectivity index (χ2n) is 12.5. The summed E-state index contributed by atoms with van der Waals surface area (Å²) in [6, 6.07) is -0.153.